The molecule has 1 aromatic carbocycles. The maximum Gasteiger partial charge on any atom is 0.573 e. The van der Waals surface area contributed by atoms with Gasteiger partial charge in [0.15, 0.2) is 17.9 Å². The van der Waals surface area contributed by atoms with Crippen LogP contribution in [0.1, 0.15) is 10.4 Å². The predicted octanol–water partition coefficient (Wildman–Crippen LogP) is 2.12. The first-order chi connectivity index (χ1) is 6.85. The third-order valence-corrected chi connectivity index (χ3v) is 1.52. The first-order valence-corrected chi connectivity index (χ1v) is 3.64. The molecule has 0 atom stereocenters. The summed E-state index contributed by atoms with van der Waals surface area (Å²) in [5.74, 6) is -2.10. The summed E-state index contributed by atoms with van der Waals surface area (Å²) in [7, 11) is 0. The number of aldehydes is 1. The molecule has 15 heavy (non-hydrogen) atoms. The van der Waals surface area contributed by atoms with E-state index in [4.69, 9.17) is 5.73 Å². The normalized spacial score (nSPS) is 11.2. The molecule has 7 heteroatoms. The molecule has 82 valence electrons. The van der Waals surface area contributed by atoms with Crippen LogP contribution >= 0.6 is 0 Å². The van der Waals surface area contributed by atoms with Crippen LogP contribution < -0.4 is 10.5 Å². The molecule has 0 radical (unpaired) electrons. The highest BCUT2D eigenvalue weighted by Crippen LogP contribution is 2.31. The van der Waals surface area contributed by atoms with Crippen LogP contribution in [0.4, 0.5) is 23.2 Å². The summed E-state index contributed by atoms with van der Waals surface area (Å²) >= 11 is 0. The highest BCUT2D eigenvalue weighted by atomic mass is 19.4. The Balaban J connectivity index is 3.12. The molecule has 0 aliphatic carbocycles. The quantitative estimate of drug-likeness (QED) is 0.474. The van der Waals surface area contributed by atoms with Crippen molar-refractivity contribution in [2.24, 2.45) is 0 Å². The van der Waals surface area contributed by atoms with E-state index in [9.17, 15) is 22.4 Å². The molecule has 2 N–H and O–H groups in total. The van der Waals surface area contributed by atoms with E-state index in [1.165, 1.54) is 0 Å². The van der Waals surface area contributed by atoms with Crippen molar-refractivity contribution < 1.29 is 27.1 Å². The maximum absolute atomic E-state index is 13.0. The Kier molecular flexibility index (Phi) is 2.83. The van der Waals surface area contributed by atoms with Gasteiger partial charge in [-0.1, -0.05) is 0 Å². The minimum atomic E-state index is -4.96. The number of nitrogen functional groups attached to an aromatic ring is 1. The van der Waals surface area contributed by atoms with E-state index in [0.29, 0.717) is 0 Å². The van der Waals surface area contributed by atoms with Gasteiger partial charge in [-0.15, -0.1) is 13.2 Å². The summed E-state index contributed by atoms with van der Waals surface area (Å²) in [6, 6.07) is 1.62. The van der Waals surface area contributed by atoms with Crippen molar-refractivity contribution in [2.45, 2.75) is 6.36 Å². The van der Waals surface area contributed by atoms with Crippen molar-refractivity contribution in [3.8, 4) is 5.75 Å². The number of halogens is 4. The minimum absolute atomic E-state index is 0.142. The van der Waals surface area contributed by atoms with Gasteiger partial charge < -0.3 is 10.5 Å². The molecule has 0 fully saturated rings. The van der Waals surface area contributed by atoms with Gasteiger partial charge in [0.1, 0.15) is 5.69 Å². The SMILES string of the molecule is Nc1c(OC(F)(F)F)ccc(C=O)c1F. The number of hydrogen-bond donors (Lipinski definition) is 1. The topological polar surface area (TPSA) is 52.3 Å². The van der Waals surface area contributed by atoms with Gasteiger partial charge >= 0.3 is 6.36 Å². The second-order valence-electron chi connectivity index (χ2n) is 2.55. The van der Waals surface area contributed by atoms with E-state index in [2.05, 4.69) is 4.74 Å². The molecule has 0 saturated carbocycles. The van der Waals surface area contributed by atoms with Gasteiger partial charge in [-0.3, -0.25) is 4.79 Å². The van der Waals surface area contributed by atoms with E-state index in [0.717, 1.165) is 12.1 Å². The molecule has 1 aromatic rings. The minimum Gasteiger partial charge on any atom is -0.403 e. The number of rotatable bonds is 2. The highest BCUT2D eigenvalue weighted by molar-refractivity contribution is 5.78. The Hall–Kier alpha value is -1.79. The molecule has 0 unspecified atom stereocenters. The molecule has 0 spiro atoms. The summed E-state index contributed by atoms with van der Waals surface area (Å²) in [6.07, 6.45) is -4.81. The predicted molar refractivity (Wildman–Crippen MR) is 42.9 cm³/mol. The van der Waals surface area contributed by atoms with Crippen molar-refractivity contribution in [2.75, 3.05) is 5.73 Å². The molecule has 0 saturated heterocycles. The largest absolute Gasteiger partial charge is 0.573 e. The number of alkyl halides is 3. The molecule has 0 aliphatic heterocycles. The average Bonchev–Trinajstić information content (AvgIpc) is 2.11. The van der Waals surface area contributed by atoms with Gasteiger partial charge in [0.05, 0.1) is 5.56 Å². The van der Waals surface area contributed by atoms with Crippen LogP contribution in [0.25, 0.3) is 0 Å². The number of anilines is 1. The van der Waals surface area contributed by atoms with E-state index in [1.807, 2.05) is 0 Å². The van der Waals surface area contributed by atoms with Crippen molar-refractivity contribution in [1.82, 2.24) is 0 Å². The number of ether oxygens (including phenoxy) is 1. The second kappa shape index (κ2) is 3.76. The zero-order chi connectivity index (χ0) is 11.6. The van der Waals surface area contributed by atoms with Gasteiger partial charge in [-0.25, -0.2) is 4.39 Å². The second-order valence-corrected chi connectivity index (χ2v) is 2.55. The summed E-state index contributed by atoms with van der Waals surface area (Å²) in [5, 5.41) is 0. The number of carbonyl (C=O) groups is 1. The van der Waals surface area contributed by atoms with Crippen LogP contribution in [0.15, 0.2) is 12.1 Å². The van der Waals surface area contributed by atoms with Gasteiger partial charge in [-0.2, -0.15) is 0 Å². The summed E-state index contributed by atoms with van der Waals surface area (Å²) in [5.41, 5.74) is 3.73. The number of hydrogen-bond acceptors (Lipinski definition) is 3. The van der Waals surface area contributed by atoms with Crippen LogP contribution in [0, 0.1) is 5.82 Å². The Bertz CT molecular complexity index is 389. The van der Waals surface area contributed by atoms with Crippen molar-refractivity contribution >= 4 is 12.0 Å². The van der Waals surface area contributed by atoms with Gasteiger partial charge in [-0.05, 0) is 12.1 Å². The number of carbonyl (C=O) groups excluding carboxylic acids is 1. The molecular weight excluding hydrogens is 218 g/mol. The number of nitrogens with two attached hydrogens (primary N) is 1. The molecule has 0 aliphatic rings. The number of benzene rings is 1. The van der Waals surface area contributed by atoms with Crippen molar-refractivity contribution in [3.05, 3.63) is 23.5 Å². The van der Waals surface area contributed by atoms with Crippen LogP contribution in [0.5, 0.6) is 5.75 Å². The van der Waals surface area contributed by atoms with E-state index in [1.54, 1.807) is 0 Å². The Labute approximate surface area is 81.4 Å². The molecular formula is C8H5F4NO2. The lowest BCUT2D eigenvalue weighted by Gasteiger charge is -2.11. The summed E-state index contributed by atoms with van der Waals surface area (Å²) in [4.78, 5) is 10.2. The Morgan fingerprint density at radius 2 is 1.93 bits per heavy atom. The molecule has 1 rings (SSSR count). The van der Waals surface area contributed by atoms with Gasteiger partial charge in [0.25, 0.3) is 0 Å². The smallest absolute Gasteiger partial charge is 0.403 e. The fraction of sp³-hybridized carbons (Fsp3) is 0.125. The van der Waals surface area contributed by atoms with Gasteiger partial charge in [0, 0.05) is 0 Å². The standard InChI is InChI=1S/C8H5F4NO2/c9-6-4(3-14)1-2-5(7(6)13)15-8(10,11)12/h1-3H,13H2. The fourth-order valence-electron chi connectivity index (χ4n) is 0.897. The van der Waals surface area contributed by atoms with Crippen LogP contribution in [0.2, 0.25) is 0 Å². The summed E-state index contributed by atoms with van der Waals surface area (Å²) < 4.78 is 51.8. The lowest BCUT2D eigenvalue weighted by atomic mass is 10.2. The molecule has 0 bridgehead atoms. The molecule has 0 aromatic heterocycles. The van der Waals surface area contributed by atoms with Gasteiger partial charge in [0.2, 0.25) is 0 Å². The van der Waals surface area contributed by atoms with E-state index < -0.39 is 29.2 Å². The lowest BCUT2D eigenvalue weighted by molar-refractivity contribution is -0.274. The molecule has 0 heterocycles. The monoisotopic (exact) mass is 223 g/mol. The maximum atomic E-state index is 13.0. The third-order valence-electron chi connectivity index (χ3n) is 1.52. The zero-order valence-electron chi connectivity index (χ0n) is 7.14. The van der Waals surface area contributed by atoms with Crippen LogP contribution in [-0.2, 0) is 0 Å². The van der Waals surface area contributed by atoms with Crippen LogP contribution in [-0.4, -0.2) is 12.6 Å². The lowest BCUT2D eigenvalue weighted by Crippen LogP contribution is -2.18. The third kappa shape index (κ3) is 2.58. The van der Waals surface area contributed by atoms with Crippen LogP contribution in [0.3, 0.4) is 0 Å². The van der Waals surface area contributed by atoms with Crippen molar-refractivity contribution in [3.63, 3.8) is 0 Å². The highest BCUT2D eigenvalue weighted by Gasteiger charge is 2.32. The first kappa shape index (κ1) is 11.3. The van der Waals surface area contributed by atoms with E-state index >= 15 is 0 Å². The first-order valence-electron chi connectivity index (χ1n) is 3.64. The zero-order valence-corrected chi connectivity index (χ0v) is 7.14. The summed E-state index contributed by atoms with van der Waals surface area (Å²) in [6.45, 7) is 0. The fourth-order valence-corrected chi connectivity index (χ4v) is 0.897. The Morgan fingerprint density at radius 1 is 1.33 bits per heavy atom. The Morgan fingerprint density at radius 3 is 2.40 bits per heavy atom. The molecule has 3 nitrogen and oxygen atoms in total. The molecule has 0 amide bonds. The van der Waals surface area contributed by atoms with Crippen molar-refractivity contribution in [1.29, 1.82) is 0 Å². The van der Waals surface area contributed by atoms with E-state index in [-0.39, 0.29) is 6.29 Å². The average molecular weight is 223 g/mol.